The first kappa shape index (κ1) is 31.4. The molecular weight excluding hydrogens is 574 g/mol. The van der Waals surface area contributed by atoms with Crippen molar-refractivity contribution in [3.8, 4) is 0 Å². The number of ketones is 1. The van der Waals surface area contributed by atoms with Gasteiger partial charge in [-0.25, -0.2) is 0 Å². The van der Waals surface area contributed by atoms with Gasteiger partial charge in [-0.3, -0.25) is 9.59 Å². The summed E-state index contributed by atoms with van der Waals surface area (Å²) in [4.78, 5) is 27.9. The number of aliphatic hydroxyl groups excluding tert-OH is 1. The first-order valence-corrected chi connectivity index (χ1v) is 15.9. The SMILES string of the molecule is CCCCCCCCCCCCCCCCN1C(=O)C(=O)C(=C(O)c2cccc(Br)c2)C1c1ccc(Cl)cc1. The van der Waals surface area contributed by atoms with Crippen LogP contribution in [0, 0.1) is 0 Å². The molecule has 4 nitrogen and oxygen atoms in total. The highest BCUT2D eigenvalue weighted by Gasteiger charge is 2.45. The highest BCUT2D eigenvalue weighted by molar-refractivity contribution is 9.10. The van der Waals surface area contributed by atoms with E-state index in [0.29, 0.717) is 17.1 Å². The number of hydrogen-bond acceptors (Lipinski definition) is 3. The molecule has 1 fully saturated rings. The monoisotopic (exact) mass is 615 g/mol. The normalized spacial score (nSPS) is 16.8. The van der Waals surface area contributed by atoms with Gasteiger partial charge in [0.25, 0.3) is 11.7 Å². The largest absolute Gasteiger partial charge is 0.507 e. The van der Waals surface area contributed by atoms with Crippen molar-refractivity contribution in [1.82, 2.24) is 4.90 Å². The van der Waals surface area contributed by atoms with Crippen LogP contribution >= 0.6 is 27.5 Å². The van der Waals surface area contributed by atoms with E-state index in [4.69, 9.17) is 11.6 Å². The number of carbonyl (C=O) groups is 2. The topological polar surface area (TPSA) is 57.6 Å². The summed E-state index contributed by atoms with van der Waals surface area (Å²) < 4.78 is 0.784. The Hall–Kier alpha value is -2.11. The smallest absolute Gasteiger partial charge is 0.295 e. The molecule has 39 heavy (non-hydrogen) atoms. The number of unbranched alkanes of at least 4 members (excludes halogenated alkanes) is 13. The highest BCUT2D eigenvalue weighted by Crippen LogP contribution is 2.40. The maximum Gasteiger partial charge on any atom is 0.295 e. The molecule has 212 valence electrons. The van der Waals surface area contributed by atoms with E-state index in [1.165, 1.54) is 70.6 Å². The first-order valence-electron chi connectivity index (χ1n) is 14.7. The van der Waals surface area contributed by atoms with E-state index in [0.717, 1.165) is 29.3 Å². The van der Waals surface area contributed by atoms with Crippen molar-refractivity contribution in [2.45, 2.75) is 103 Å². The maximum absolute atomic E-state index is 13.2. The zero-order valence-corrected chi connectivity index (χ0v) is 25.6. The molecule has 0 radical (unpaired) electrons. The Morgan fingerprint density at radius 1 is 0.821 bits per heavy atom. The van der Waals surface area contributed by atoms with Gasteiger partial charge in [-0.1, -0.05) is 142 Å². The van der Waals surface area contributed by atoms with Gasteiger partial charge in [0.05, 0.1) is 11.6 Å². The second kappa shape index (κ2) is 16.9. The summed E-state index contributed by atoms with van der Waals surface area (Å²) in [5, 5.41) is 11.7. The minimum atomic E-state index is -0.641. The van der Waals surface area contributed by atoms with Crippen molar-refractivity contribution < 1.29 is 14.7 Å². The number of rotatable bonds is 17. The van der Waals surface area contributed by atoms with Crippen LogP contribution in [0.4, 0.5) is 0 Å². The number of hydrogen-bond donors (Lipinski definition) is 1. The van der Waals surface area contributed by atoms with Gasteiger partial charge in [0.1, 0.15) is 5.76 Å². The van der Waals surface area contributed by atoms with Crippen LogP contribution in [0.25, 0.3) is 5.76 Å². The van der Waals surface area contributed by atoms with E-state index in [1.807, 2.05) is 18.2 Å². The average molecular weight is 617 g/mol. The third-order valence-corrected chi connectivity index (χ3v) is 8.32. The summed E-state index contributed by atoms with van der Waals surface area (Å²) in [5.74, 6) is -1.35. The van der Waals surface area contributed by atoms with Crippen molar-refractivity contribution in [1.29, 1.82) is 0 Å². The zero-order valence-electron chi connectivity index (χ0n) is 23.3. The third-order valence-electron chi connectivity index (χ3n) is 7.58. The van der Waals surface area contributed by atoms with Gasteiger partial charge in [0.15, 0.2) is 0 Å². The molecule has 0 spiro atoms. The first-order chi connectivity index (χ1) is 18.9. The third kappa shape index (κ3) is 9.49. The van der Waals surface area contributed by atoms with Crippen molar-refractivity contribution in [2.24, 2.45) is 0 Å². The summed E-state index contributed by atoms with van der Waals surface area (Å²) in [5.41, 5.74) is 1.39. The Balaban J connectivity index is 1.53. The molecule has 0 bridgehead atoms. The number of carbonyl (C=O) groups excluding carboxylic acids is 2. The minimum absolute atomic E-state index is 0.130. The molecule has 1 atom stereocenters. The lowest BCUT2D eigenvalue weighted by Gasteiger charge is -2.25. The molecule has 3 rings (SSSR count). The van der Waals surface area contributed by atoms with Crippen LogP contribution in [-0.2, 0) is 9.59 Å². The van der Waals surface area contributed by atoms with Crippen molar-refractivity contribution in [3.05, 3.63) is 74.7 Å². The summed E-state index contributed by atoms with van der Waals surface area (Å²) in [6, 6.07) is 13.6. The maximum atomic E-state index is 13.2. The lowest BCUT2D eigenvalue weighted by Crippen LogP contribution is -2.30. The fourth-order valence-corrected chi connectivity index (χ4v) is 5.90. The summed E-state index contributed by atoms with van der Waals surface area (Å²) in [7, 11) is 0. The number of likely N-dealkylation sites (tertiary alicyclic amines) is 1. The highest BCUT2D eigenvalue weighted by atomic mass is 79.9. The number of nitrogens with zero attached hydrogens (tertiary/aromatic N) is 1. The van der Waals surface area contributed by atoms with E-state index in [1.54, 1.807) is 35.2 Å². The summed E-state index contributed by atoms with van der Waals surface area (Å²) in [6.45, 7) is 2.74. The van der Waals surface area contributed by atoms with Crippen LogP contribution < -0.4 is 0 Å². The van der Waals surface area contributed by atoms with Gasteiger partial charge in [-0.05, 0) is 36.2 Å². The van der Waals surface area contributed by atoms with Crippen LogP contribution in [0.5, 0.6) is 0 Å². The van der Waals surface area contributed by atoms with Crippen LogP contribution in [0.3, 0.4) is 0 Å². The van der Waals surface area contributed by atoms with E-state index >= 15 is 0 Å². The second-order valence-electron chi connectivity index (χ2n) is 10.7. The van der Waals surface area contributed by atoms with Crippen LogP contribution in [0.2, 0.25) is 5.02 Å². The molecule has 0 aromatic heterocycles. The Morgan fingerprint density at radius 2 is 1.36 bits per heavy atom. The van der Waals surface area contributed by atoms with Gasteiger partial charge >= 0.3 is 0 Å². The van der Waals surface area contributed by atoms with Crippen molar-refractivity contribution >= 4 is 45.0 Å². The molecular formula is C33H43BrClNO3. The second-order valence-corrected chi connectivity index (χ2v) is 12.0. The Kier molecular flexibility index (Phi) is 13.6. The fourth-order valence-electron chi connectivity index (χ4n) is 5.37. The molecule has 1 aliphatic rings. The number of benzene rings is 2. The Labute approximate surface area is 248 Å². The molecule has 1 amide bonds. The molecule has 0 aliphatic carbocycles. The predicted octanol–water partition coefficient (Wildman–Crippen LogP) is 10.0. The minimum Gasteiger partial charge on any atom is -0.507 e. The lowest BCUT2D eigenvalue weighted by atomic mass is 9.95. The molecule has 1 saturated heterocycles. The van der Waals surface area contributed by atoms with Crippen LogP contribution in [0.15, 0.2) is 58.6 Å². The van der Waals surface area contributed by atoms with E-state index in [9.17, 15) is 14.7 Å². The molecule has 1 heterocycles. The Bertz CT molecular complexity index is 1100. The summed E-state index contributed by atoms with van der Waals surface area (Å²) in [6.07, 6.45) is 17.6. The van der Waals surface area contributed by atoms with Gasteiger partial charge in [0, 0.05) is 21.6 Å². The van der Waals surface area contributed by atoms with Gasteiger partial charge in [0.2, 0.25) is 0 Å². The fraction of sp³-hybridized carbons (Fsp3) is 0.515. The molecule has 2 aromatic carbocycles. The van der Waals surface area contributed by atoms with Crippen molar-refractivity contribution in [3.63, 3.8) is 0 Å². The van der Waals surface area contributed by atoms with E-state index < -0.39 is 17.7 Å². The predicted molar refractivity (Wildman–Crippen MR) is 165 cm³/mol. The molecule has 1 unspecified atom stereocenters. The number of amides is 1. The van der Waals surface area contributed by atoms with Crippen LogP contribution in [-0.4, -0.2) is 28.2 Å². The number of Topliss-reactive ketones (excluding diaryl/α,β-unsaturated/α-hetero) is 1. The quantitative estimate of drug-likeness (QED) is 0.0833. The van der Waals surface area contributed by atoms with Gasteiger partial charge in [-0.15, -0.1) is 0 Å². The number of aliphatic hydroxyl groups is 1. The van der Waals surface area contributed by atoms with E-state index in [2.05, 4.69) is 22.9 Å². The molecule has 1 N–H and O–H groups in total. The van der Waals surface area contributed by atoms with Gasteiger partial charge in [-0.2, -0.15) is 0 Å². The molecule has 6 heteroatoms. The molecule has 1 aliphatic heterocycles. The average Bonchev–Trinajstić information content (AvgIpc) is 3.18. The standard InChI is InChI=1S/C33H43BrClNO3/c1-2-3-4-5-6-7-8-9-10-11-12-13-14-15-23-36-30(25-19-21-28(35)22-20-25)29(32(38)33(36)39)31(37)26-17-16-18-27(34)24-26/h16-22,24,30,37H,2-15,23H2,1H3. The molecule has 0 saturated carbocycles. The van der Waals surface area contributed by atoms with E-state index in [-0.39, 0.29) is 11.3 Å². The lowest BCUT2D eigenvalue weighted by molar-refractivity contribution is -0.139. The Morgan fingerprint density at radius 3 is 1.90 bits per heavy atom. The molecule has 2 aromatic rings. The van der Waals surface area contributed by atoms with Gasteiger partial charge < -0.3 is 10.0 Å². The van der Waals surface area contributed by atoms with Crippen LogP contribution in [0.1, 0.15) is 114 Å². The number of halogens is 2. The zero-order chi connectivity index (χ0) is 28.0. The van der Waals surface area contributed by atoms with Crippen molar-refractivity contribution in [2.75, 3.05) is 6.54 Å². The summed E-state index contributed by atoms with van der Waals surface area (Å²) >= 11 is 9.53.